The number of benzene rings is 1. The molecule has 0 aromatic heterocycles. The highest BCUT2D eigenvalue weighted by Gasteiger charge is 2.25. The van der Waals surface area contributed by atoms with Crippen LogP contribution in [0, 0.1) is 0 Å². The van der Waals surface area contributed by atoms with Crippen molar-refractivity contribution in [1.29, 1.82) is 0 Å². The molecule has 0 bridgehead atoms. The van der Waals surface area contributed by atoms with Gasteiger partial charge in [0.05, 0.1) is 25.4 Å². The summed E-state index contributed by atoms with van der Waals surface area (Å²) in [6.45, 7) is 9.59. The summed E-state index contributed by atoms with van der Waals surface area (Å²) in [5.41, 5.74) is 0.299. The van der Waals surface area contributed by atoms with Crippen LogP contribution in [0.3, 0.4) is 0 Å². The van der Waals surface area contributed by atoms with E-state index < -0.39 is 5.60 Å². The van der Waals surface area contributed by atoms with Gasteiger partial charge in [-0.3, -0.25) is 9.89 Å². The molecule has 1 aliphatic rings. The molecule has 2 rings (SSSR count). The van der Waals surface area contributed by atoms with Crippen LogP contribution in [0.2, 0.25) is 5.02 Å². The molecule has 1 fully saturated rings. The van der Waals surface area contributed by atoms with Crippen molar-refractivity contribution in [2.24, 2.45) is 4.99 Å². The zero-order chi connectivity index (χ0) is 19.5. The summed E-state index contributed by atoms with van der Waals surface area (Å²) in [6.07, 6.45) is 1.87. The number of aryl methyl sites for hydroxylation is 1. The molecule has 0 aliphatic carbocycles. The Balaban J connectivity index is 1.77. The molecule has 1 aromatic rings. The summed E-state index contributed by atoms with van der Waals surface area (Å²) >= 11 is 6.20. The molecule has 1 aromatic carbocycles. The quantitative estimate of drug-likeness (QED) is 0.338. The van der Waals surface area contributed by atoms with Crippen molar-refractivity contribution < 1.29 is 9.84 Å². The minimum absolute atomic E-state index is 0.351. The van der Waals surface area contributed by atoms with Gasteiger partial charge in [-0.05, 0) is 38.3 Å². The van der Waals surface area contributed by atoms with Crippen LogP contribution >= 0.6 is 11.6 Å². The number of hydrogen-bond donors (Lipinski definition) is 3. The number of ether oxygens (including phenoxy) is 1. The second-order valence-corrected chi connectivity index (χ2v) is 7.61. The summed E-state index contributed by atoms with van der Waals surface area (Å²) in [4.78, 5) is 6.80. The number of aliphatic imine (C=N–C) groups is 1. The predicted octanol–water partition coefficient (Wildman–Crippen LogP) is 1.91. The number of aliphatic hydroxyl groups is 1. The third kappa shape index (κ3) is 8.47. The van der Waals surface area contributed by atoms with Gasteiger partial charge in [-0.1, -0.05) is 29.8 Å². The maximum absolute atomic E-state index is 10.7. The van der Waals surface area contributed by atoms with Crippen LogP contribution < -0.4 is 10.6 Å². The molecular weight excluding hydrogens is 364 g/mol. The van der Waals surface area contributed by atoms with Crippen molar-refractivity contribution >= 4 is 17.6 Å². The lowest BCUT2D eigenvalue weighted by molar-refractivity contribution is -0.0179. The number of nitrogens with one attached hydrogen (secondary N) is 2. The standard InChI is InChI=1S/C20H33ClN4O2/c1-3-22-19(23-10-6-8-17-7-4-5-9-18(17)21)24-15-20(2,26)16-25-11-13-27-14-12-25/h4-5,7,9,26H,3,6,8,10-16H2,1-2H3,(H2,22,23,24). The van der Waals surface area contributed by atoms with Crippen LogP contribution in [0.4, 0.5) is 0 Å². The first-order chi connectivity index (χ1) is 13.0. The molecule has 1 unspecified atom stereocenters. The van der Waals surface area contributed by atoms with Gasteiger partial charge in [-0.25, -0.2) is 0 Å². The van der Waals surface area contributed by atoms with Gasteiger partial charge in [0.25, 0.3) is 0 Å². The lowest BCUT2D eigenvalue weighted by Crippen LogP contribution is -2.48. The fourth-order valence-corrected chi connectivity index (χ4v) is 3.30. The molecule has 3 N–H and O–H groups in total. The van der Waals surface area contributed by atoms with Crippen LogP contribution in [0.1, 0.15) is 25.8 Å². The lowest BCUT2D eigenvalue weighted by Gasteiger charge is -2.33. The number of morpholine rings is 1. The second-order valence-electron chi connectivity index (χ2n) is 7.20. The fourth-order valence-electron chi connectivity index (χ4n) is 3.07. The van der Waals surface area contributed by atoms with E-state index in [4.69, 9.17) is 16.3 Å². The summed E-state index contributed by atoms with van der Waals surface area (Å²) in [5.74, 6) is 0.735. The first-order valence-electron chi connectivity index (χ1n) is 9.78. The molecule has 6 nitrogen and oxygen atoms in total. The van der Waals surface area contributed by atoms with Gasteiger partial charge < -0.3 is 20.5 Å². The number of β-amino-alcohol motifs (C(OH)–C–C–N with tert-alkyl or cyclic N) is 1. The summed E-state index contributed by atoms with van der Waals surface area (Å²) in [6, 6.07) is 7.94. The Hall–Kier alpha value is -1.34. The van der Waals surface area contributed by atoms with E-state index in [1.54, 1.807) is 0 Å². The third-order valence-electron chi connectivity index (χ3n) is 4.46. The Bertz CT molecular complexity index is 589. The summed E-state index contributed by atoms with van der Waals surface area (Å²) in [5, 5.41) is 18.1. The van der Waals surface area contributed by atoms with E-state index in [-0.39, 0.29) is 0 Å². The largest absolute Gasteiger partial charge is 0.387 e. The molecule has 0 amide bonds. The SMILES string of the molecule is CCNC(=NCC(C)(O)CN1CCOCC1)NCCCc1ccccc1Cl. The van der Waals surface area contributed by atoms with E-state index in [1.165, 1.54) is 0 Å². The molecule has 27 heavy (non-hydrogen) atoms. The lowest BCUT2D eigenvalue weighted by atomic mass is 10.1. The van der Waals surface area contributed by atoms with E-state index in [9.17, 15) is 5.11 Å². The second kappa shape index (κ2) is 11.5. The maximum atomic E-state index is 10.7. The average Bonchev–Trinajstić information content (AvgIpc) is 2.65. The van der Waals surface area contributed by atoms with Crippen molar-refractivity contribution in [3.63, 3.8) is 0 Å². The Morgan fingerprint density at radius 3 is 2.74 bits per heavy atom. The van der Waals surface area contributed by atoms with Crippen LogP contribution in [-0.2, 0) is 11.2 Å². The minimum Gasteiger partial charge on any atom is -0.387 e. The van der Waals surface area contributed by atoms with Gasteiger partial charge in [0, 0.05) is 37.7 Å². The number of halogens is 1. The minimum atomic E-state index is -0.864. The van der Waals surface area contributed by atoms with Crippen LogP contribution in [0.5, 0.6) is 0 Å². The van der Waals surface area contributed by atoms with E-state index in [0.717, 1.165) is 68.8 Å². The van der Waals surface area contributed by atoms with Gasteiger partial charge in [0.15, 0.2) is 5.96 Å². The first kappa shape index (κ1) is 22.0. The van der Waals surface area contributed by atoms with Gasteiger partial charge in [0.2, 0.25) is 0 Å². The zero-order valence-electron chi connectivity index (χ0n) is 16.5. The number of hydrogen-bond acceptors (Lipinski definition) is 4. The van der Waals surface area contributed by atoms with Gasteiger partial charge in [-0.2, -0.15) is 0 Å². The normalized spacial score (nSPS) is 18.1. The van der Waals surface area contributed by atoms with Crippen LogP contribution in [0.25, 0.3) is 0 Å². The summed E-state index contributed by atoms with van der Waals surface area (Å²) in [7, 11) is 0. The molecule has 1 heterocycles. The van der Waals surface area contributed by atoms with Crippen LogP contribution in [-0.4, -0.2) is 74.0 Å². The molecular formula is C20H33ClN4O2. The topological polar surface area (TPSA) is 69.1 Å². The van der Waals surface area contributed by atoms with Crippen molar-refractivity contribution in [3.05, 3.63) is 34.9 Å². The number of rotatable bonds is 9. The molecule has 0 radical (unpaired) electrons. The fraction of sp³-hybridized carbons (Fsp3) is 0.650. The van der Waals surface area contributed by atoms with Gasteiger partial charge in [-0.15, -0.1) is 0 Å². The van der Waals surface area contributed by atoms with Crippen molar-refractivity contribution in [3.8, 4) is 0 Å². The van der Waals surface area contributed by atoms with Gasteiger partial charge in [0.1, 0.15) is 0 Å². The highest BCUT2D eigenvalue weighted by molar-refractivity contribution is 6.31. The maximum Gasteiger partial charge on any atom is 0.191 e. The average molecular weight is 397 g/mol. The van der Waals surface area contributed by atoms with E-state index in [1.807, 2.05) is 32.0 Å². The van der Waals surface area contributed by atoms with Gasteiger partial charge >= 0.3 is 0 Å². The highest BCUT2D eigenvalue weighted by Crippen LogP contribution is 2.16. The van der Waals surface area contributed by atoms with Crippen molar-refractivity contribution in [2.75, 3.05) is 52.5 Å². The Labute approximate surface area is 168 Å². The first-order valence-corrected chi connectivity index (χ1v) is 10.2. The van der Waals surface area contributed by atoms with Crippen molar-refractivity contribution in [2.45, 2.75) is 32.3 Å². The summed E-state index contributed by atoms with van der Waals surface area (Å²) < 4.78 is 5.36. The third-order valence-corrected chi connectivity index (χ3v) is 4.83. The van der Waals surface area contributed by atoms with Crippen LogP contribution in [0.15, 0.2) is 29.3 Å². The number of nitrogens with zero attached hydrogens (tertiary/aromatic N) is 2. The molecule has 152 valence electrons. The van der Waals surface area contributed by atoms with E-state index in [2.05, 4.69) is 26.6 Å². The smallest absolute Gasteiger partial charge is 0.191 e. The van der Waals surface area contributed by atoms with Crippen molar-refractivity contribution in [1.82, 2.24) is 15.5 Å². The molecule has 7 heteroatoms. The number of guanidine groups is 1. The predicted molar refractivity (Wildman–Crippen MR) is 112 cm³/mol. The molecule has 1 atom stereocenters. The Morgan fingerprint density at radius 2 is 2.04 bits per heavy atom. The monoisotopic (exact) mass is 396 g/mol. The molecule has 0 saturated carbocycles. The molecule has 0 spiro atoms. The zero-order valence-corrected chi connectivity index (χ0v) is 17.3. The van der Waals surface area contributed by atoms with E-state index in [0.29, 0.717) is 13.1 Å². The Morgan fingerprint density at radius 1 is 1.30 bits per heavy atom. The molecule has 1 aliphatic heterocycles. The van der Waals surface area contributed by atoms with E-state index >= 15 is 0 Å². The Kier molecular flexibility index (Phi) is 9.34. The highest BCUT2D eigenvalue weighted by atomic mass is 35.5. The molecule has 1 saturated heterocycles.